The van der Waals surface area contributed by atoms with E-state index in [1.54, 1.807) is 0 Å². The lowest BCUT2D eigenvalue weighted by Crippen LogP contribution is -2.45. The van der Waals surface area contributed by atoms with Gasteiger partial charge >= 0.3 is 5.97 Å². The molecule has 0 atom stereocenters. The summed E-state index contributed by atoms with van der Waals surface area (Å²) in [5, 5.41) is 11.4. The number of rotatable bonds is 3. The molecule has 0 radical (unpaired) electrons. The Morgan fingerprint density at radius 3 is 2.53 bits per heavy atom. The highest BCUT2D eigenvalue weighted by Gasteiger charge is 2.36. The average molecular weight is 255 g/mol. The van der Waals surface area contributed by atoms with Crippen molar-refractivity contribution in [2.75, 3.05) is 11.9 Å². The highest BCUT2D eigenvalue weighted by molar-refractivity contribution is 5.86. The lowest BCUT2D eigenvalue weighted by atomic mass is 9.79. The molecule has 1 saturated carbocycles. The fraction of sp³-hybridized carbons (Fsp3) is 0.312. The molecule has 2 aromatic carbocycles. The minimum Gasteiger partial charge on any atom is -0.481 e. The number of benzene rings is 2. The first-order valence-corrected chi connectivity index (χ1v) is 6.59. The van der Waals surface area contributed by atoms with Gasteiger partial charge in [0.05, 0.1) is 5.92 Å². The van der Waals surface area contributed by atoms with E-state index >= 15 is 0 Å². The van der Waals surface area contributed by atoms with Gasteiger partial charge in [-0.3, -0.25) is 4.79 Å². The molecular formula is C16H17NO2. The maximum absolute atomic E-state index is 10.8. The number of hydrogen-bond acceptors (Lipinski definition) is 2. The Morgan fingerprint density at radius 1 is 1.16 bits per heavy atom. The van der Waals surface area contributed by atoms with E-state index in [-0.39, 0.29) is 5.92 Å². The molecule has 0 bridgehead atoms. The molecule has 1 N–H and O–H groups in total. The smallest absolute Gasteiger partial charge is 0.306 e. The fourth-order valence-corrected chi connectivity index (χ4v) is 2.71. The highest BCUT2D eigenvalue weighted by atomic mass is 16.4. The molecule has 3 nitrogen and oxygen atoms in total. The van der Waals surface area contributed by atoms with Crippen molar-refractivity contribution in [3.8, 4) is 0 Å². The van der Waals surface area contributed by atoms with Crippen LogP contribution in [-0.4, -0.2) is 24.2 Å². The molecule has 1 aliphatic carbocycles. The summed E-state index contributed by atoms with van der Waals surface area (Å²) in [6.45, 7) is 0. The lowest BCUT2D eigenvalue weighted by Gasteiger charge is -2.40. The number of carbonyl (C=O) groups is 1. The molecule has 2 aromatic rings. The van der Waals surface area contributed by atoms with Crippen molar-refractivity contribution < 1.29 is 9.90 Å². The second-order valence-electron chi connectivity index (χ2n) is 5.30. The Morgan fingerprint density at radius 2 is 1.84 bits per heavy atom. The minimum absolute atomic E-state index is 0.159. The van der Waals surface area contributed by atoms with E-state index < -0.39 is 5.97 Å². The van der Waals surface area contributed by atoms with Gasteiger partial charge in [-0.15, -0.1) is 0 Å². The fourth-order valence-electron chi connectivity index (χ4n) is 2.71. The summed E-state index contributed by atoms with van der Waals surface area (Å²) in [6, 6.07) is 15.0. The van der Waals surface area contributed by atoms with Gasteiger partial charge in [0.1, 0.15) is 0 Å². The highest BCUT2D eigenvalue weighted by Crippen LogP contribution is 2.34. The van der Waals surface area contributed by atoms with Gasteiger partial charge < -0.3 is 10.0 Å². The van der Waals surface area contributed by atoms with E-state index in [2.05, 4.69) is 35.2 Å². The van der Waals surface area contributed by atoms with Gasteiger partial charge in [0.2, 0.25) is 0 Å². The van der Waals surface area contributed by atoms with Crippen LogP contribution in [0.4, 0.5) is 5.69 Å². The first-order chi connectivity index (χ1) is 9.15. The number of anilines is 1. The maximum atomic E-state index is 10.8. The van der Waals surface area contributed by atoms with Gasteiger partial charge in [-0.05, 0) is 35.7 Å². The van der Waals surface area contributed by atoms with Crippen LogP contribution in [0, 0.1) is 5.92 Å². The first kappa shape index (κ1) is 12.0. The predicted molar refractivity (Wildman–Crippen MR) is 76.5 cm³/mol. The second kappa shape index (κ2) is 4.57. The lowest BCUT2D eigenvalue weighted by molar-refractivity contribution is -0.145. The summed E-state index contributed by atoms with van der Waals surface area (Å²) in [7, 11) is 2.05. The van der Waals surface area contributed by atoms with Gasteiger partial charge in [0.15, 0.2) is 0 Å². The molecule has 1 fully saturated rings. The van der Waals surface area contributed by atoms with E-state index in [9.17, 15) is 4.79 Å². The summed E-state index contributed by atoms with van der Waals surface area (Å²) in [6.07, 6.45) is 1.50. The third kappa shape index (κ3) is 2.16. The van der Waals surface area contributed by atoms with Crippen LogP contribution >= 0.6 is 0 Å². The molecule has 0 aromatic heterocycles. The summed E-state index contributed by atoms with van der Waals surface area (Å²) in [5.41, 5.74) is 1.16. The standard InChI is InChI=1S/C16H17NO2/c1-17(15-9-13(10-15)16(18)19)14-7-6-11-4-2-3-5-12(11)8-14/h2-8,13,15H,9-10H2,1H3,(H,18,19). The molecule has 1 aliphatic rings. The first-order valence-electron chi connectivity index (χ1n) is 6.59. The maximum Gasteiger partial charge on any atom is 0.306 e. The normalized spacial score (nSPS) is 21.9. The third-order valence-corrected chi connectivity index (χ3v) is 4.15. The van der Waals surface area contributed by atoms with Gasteiger partial charge in [-0.2, -0.15) is 0 Å². The van der Waals surface area contributed by atoms with Gasteiger partial charge in [-0.1, -0.05) is 30.3 Å². The largest absolute Gasteiger partial charge is 0.481 e. The van der Waals surface area contributed by atoms with Crippen LogP contribution in [0.25, 0.3) is 10.8 Å². The Hall–Kier alpha value is -2.03. The van der Waals surface area contributed by atoms with E-state index in [0.29, 0.717) is 6.04 Å². The van der Waals surface area contributed by atoms with Crippen LogP contribution in [-0.2, 0) is 4.79 Å². The minimum atomic E-state index is -0.664. The zero-order chi connectivity index (χ0) is 13.4. The van der Waals surface area contributed by atoms with Crippen molar-refractivity contribution in [1.29, 1.82) is 0 Å². The zero-order valence-electron chi connectivity index (χ0n) is 10.9. The van der Waals surface area contributed by atoms with Crippen LogP contribution < -0.4 is 4.90 Å². The van der Waals surface area contributed by atoms with Crippen LogP contribution in [0.3, 0.4) is 0 Å². The Kier molecular flexibility index (Phi) is 2.90. The molecular weight excluding hydrogens is 238 g/mol. The third-order valence-electron chi connectivity index (χ3n) is 4.15. The van der Waals surface area contributed by atoms with Crippen molar-refractivity contribution in [2.45, 2.75) is 18.9 Å². The molecule has 0 aliphatic heterocycles. The quantitative estimate of drug-likeness (QED) is 0.916. The van der Waals surface area contributed by atoms with Crippen LogP contribution in [0.2, 0.25) is 0 Å². The summed E-state index contributed by atoms with van der Waals surface area (Å²) < 4.78 is 0. The second-order valence-corrected chi connectivity index (χ2v) is 5.30. The number of aliphatic carboxylic acids is 1. The molecule has 98 valence electrons. The zero-order valence-corrected chi connectivity index (χ0v) is 10.9. The number of carboxylic acids is 1. The molecule has 0 amide bonds. The average Bonchev–Trinajstić information content (AvgIpc) is 2.35. The molecule has 0 spiro atoms. The van der Waals surface area contributed by atoms with Crippen molar-refractivity contribution in [1.82, 2.24) is 0 Å². The van der Waals surface area contributed by atoms with Crippen molar-refractivity contribution in [3.63, 3.8) is 0 Å². The Bertz CT molecular complexity index is 617. The SMILES string of the molecule is CN(c1ccc2ccccc2c1)C1CC(C(=O)O)C1. The summed E-state index contributed by atoms with van der Waals surface area (Å²) in [5.74, 6) is -0.823. The molecule has 0 heterocycles. The van der Waals surface area contributed by atoms with E-state index in [0.717, 1.165) is 18.5 Å². The monoisotopic (exact) mass is 255 g/mol. The topological polar surface area (TPSA) is 40.5 Å². The van der Waals surface area contributed by atoms with Crippen molar-refractivity contribution in [3.05, 3.63) is 42.5 Å². The molecule has 0 unspecified atom stereocenters. The molecule has 19 heavy (non-hydrogen) atoms. The van der Waals surface area contributed by atoms with Gasteiger partial charge in [0, 0.05) is 18.8 Å². The van der Waals surface area contributed by atoms with Gasteiger partial charge in [-0.25, -0.2) is 0 Å². The van der Waals surface area contributed by atoms with Crippen LogP contribution in [0.5, 0.6) is 0 Å². The predicted octanol–water partition coefficient (Wildman–Crippen LogP) is 3.14. The van der Waals surface area contributed by atoms with E-state index in [4.69, 9.17) is 5.11 Å². The Labute approximate surface area is 112 Å². The Balaban J connectivity index is 1.79. The van der Waals surface area contributed by atoms with E-state index in [1.165, 1.54) is 10.8 Å². The number of fused-ring (bicyclic) bond motifs is 1. The van der Waals surface area contributed by atoms with Crippen molar-refractivity contribution in [2.24, 2.45) is 5.92 Å². The molecule has 3 rings (SSSR count). The molecule has 0 saturated heterocycles. The summed E-state index contributed by atoms with van der Waals surface area (Å²) >= 11 is 0. The number of hydrogen-bond donors (Lipinski definition) is 1. The number of nitrogens with zero attached hydrogens (tertiary/aromatic N) is 1. The number of carboxylic acid groups (broad SMARTS) is 1. The van der Waals surface area contributed by atoms with Crippen molar-refractivity contribution >= 4 is 22.4 Å². The van der Waals surface area contributed by atoms with Crippen LogP contribution in [0.1, 0.15) is 12.8 Å². The summed E-state index contributed by atoms with van der Waals surface area (Å²) in [4.78, 5) is 13.0. The van der Waals surface area contributed by atoms with Crippen LogP contribution in [0.15, 0.2) is 42.5 Å². The van der Waals surface area contributed by atoms with Gasteiger partial charge in [0.25, 0.3) is 0 Å². The van der Waals surface area contributed by atoms with E-state index in [1.807, 2.05) is 19.2 Å². The molecule has 3 heteroatoms.